The quantitative estimate of drug-likeness (QED) is 0.530. The fourth-order valence-corrected chi connectivity index (χ4v) is 33.0. The van der Waals surface area contributed by atoms with Crippen LogP contribution in [0.4, 0.5) is 0 Å². The third-order valence-electron chi connectivity index (χ3n) is 4.09. The minimum absolute atomic E-state index is 0.568. The molecule has 0 amide bonds. The molecule has 1 atom stereocenters. The molecule has 1 aliphatic heterocycles. The van der Waals surface area contributed by atoms with Gasteiger partial charge in [0.25, 0.3) is 0 Å². The Morgan fingerprint density at radius 1 is 0.593 bits per heavy atom. The molecule has 0 N–H and O–H groups in total. The van der Waals surface area contributed by atoms with E-state index in [0.717, 1.165) is 12.5 Å². The van der Waals surface area contributed by atoms with E-state index in [1.54, 1.807) is 0 Å². The molecule has 27 heavy (non-hydrogen) atoms. The topological polar surface area (TPSA) is 55.4 Å². The Kier molecular flexibility index (Phi) is 8.75. The van der Waals surface area contributed by atoms with E-state index in [9.17, 15) is 0 Å². The van der Waals surface area contributed by atoms with Crippen LogP contribution in [0.25, 0.3) is 0 Å². The highest BCUT2D eigenvalue weighted by atomic mass is 28.5. The van der Waals surface area contributed by atoms with Gasteiger partial charge in [0, 0.05) is 0 Å². The molecule has 1 saturated heterocycles. The van der Waals surface area contributed by atoms with Gasteiger partial charge in [-0.25, -0.2) is 0 Å². The summed E-state index contributed by atoms with van der Waals surface area (Å²) in [5.74, 6) is 0.568. The van der Waals surface area contributed by atoms with Gasteiger partial charge in [-0.1, -0.05) is 20.3 Å². The highest BCUT2D eigenvalue weighted by molar-refractivity contribution is 6.91. The summed E-state index contributed by atoms with van der Waals surface area (Å²) in [6, 6.07) is 0.974. The largest absolute Gasteiger partial charge is 0.418 e. The van der Waals surface area contributed by atoms with Crippen LogP contribution in [0.2, 0.25) is 71.5 Å². The lowest BCUT2D eigenvalue weighted by molar-refractivity contribution is 0.244. The molecule has 0 aromatic rings. The third kappa shape index (κ3) is 10.1. The Bertz CT molecular complexity index is 463. The van der Waals surface area contributed by atoms with Gasteiger partial charge in [-0.3, -0.25) is 0 Å². The predicted molar refractivity (Wildman–Crippen MR) is 125 cm³/mol. The molecule has 0 aliphatic carbocycles. The zero-order valence-corrected chi connectivity index (χ0v) is 25.7. The van der Waals surface area contributed by atoms with E-state index in [2.05, 4.69) is 79.3 Å². The Balaban J connectivity index is 3.22. The Morgan fingerprint density at radius 3 is 1.19 bits per heavy atom. The van der Waals surface area contributed by atoms with Crippen molar-refractivity contribution < 1.29 is 24.7 Å². The molecule has 0 aromatic heterocycles. The summed E-state index contributed by atoms with van der Waals surface area (Å²) >= 11 is 0. The maximum atomic E-state index is 6.62. The van der Waals surface area contributed by atoms with E-state index in [1.807, 2.05) is 0 Å². The van der Waals surface area contributed by atoms with Crippen LogP contribution < -0.4 is 0 Å². The van der Waals surface area contributed by atoms with Gasteiger partial charge in [0.15, 0.2) is 0 Å². The van der Waals surface area contributed by atoms with E-state index in [1.165, 1.54) is 0 Å². The molecular weight excluding hydrogens is 445 g/mol. The zero-order valence-electron chi connectivity index (χ0n) is 19.5. The van der Waals surface area contributed by atoms with Crippen LogP contribution in [0, 0.1) is 5.92 Å². The van der Waals surface area contributed by atoms with Crippen LogP contribution >= 0.6 is 0 Å². The standard InChI is InChI=1S/C15H42O6Si6/c1-13-15(2)14-22-16-23(3,4)18-25(7,8)20-27(11,12)21-26(9,10)19-24(5,6)17-22/h15,22H,13-14H2,1-12H3. The minimum atomic E-state index is -2.40. The average molecular weight is 487 g/mol. The fraction of sp³-hybridized carbons (Fsp3) is 1.00. The van der Waals surface area contributed by atoms with Gasteiger partial charge in [0.2, 0.25) is 0 Å². The lowest BCUT2D eigenvalue weighted by Gasteiger charge is -2.44. The highest BCUT2D eigenvalue weighted by Gasteiger charge is 2.49. The van der Waals surface area contributed by atoms with Crippen LogP contribution in [-0.4, -0.2) is 52.1 Å². The molecule has 1 fully saturated rings. The van der Waals surface area contributed by atoms with E-state index >= 15 is 0 Å². The second-order valence-corrected chi connectivity index (χ2v) is 30.3. The minimum Gasteiger partial charge on any atom is -0.418 e. The first kappa shape index (κ1) is 26.1. The zero-order chi connectivity index (χ0) is 21.3. The van der Waals surface area contributed by atoms with Gasteiger partial charge >= 0.3 is 52.1 Å². The van der Waals surface area contributed by atoms with Gasteiger partial charge in [-0.05, 0) is 77.4 Å². The van der Waals surface area contributed by atoms with Crippen molar-refractivity contribution in [1.29, 1.82) is 0 Å². The first-order valence-electron chi connectivity index (χ1n) is 10.0. The van der Waals surface area contributed by atoms with Gasteiger partial charge < -0.3 is 24.7 Å². The SMILES string of the molecule is CCC(C)C[SiH]1O[Si](C)(C)O[Si](C)(C)O[Si](C)(C)O[Si](C)(C)O[Si](C)(C)O1. The Morgan fingerprint density at radius 2 is 0.889 bits per heavy atom. The number of hydrogen-bond acceptors (Lipinski definition) is 6. The molecule has 12 heteroatoms. The van der Waals surface area contributed by atoms with Crippen molar-refractivity contribution in [3.8, 4) is 0 Å². The van der Waals surface area contributed by atoms with Crippen LogP contribution in [0.1, 0.15) is 20.3 Å². The highest BCUT2D eigenvalue weighted by Crippen LogP contribution is 2.30. The molecule has 0 radical (unpaired) electrons. The van der Waals surface area contributed by atoms with Crippen LogP contribution in [0.3, 0.4) is 0 Å². The molecule has 1 unspecified atom stereocenters. The summed E-state index contributed by atoms with van der Waals surface area (Å²) in [6.07, 6.45) is 1.12. The number of rotatable bonds is 3. The van der Waals surface area contributed by atoms with Crippen molar-refractivity contribution in [3.63, 3.8) is 0 Å². The van der Waals surface area contributed by atoms with Crippen LogP contribution in [0.5, 0.6) is 0 Å². The summed E-state index contributed by atoms with van der Waals surface area (Å²) in [4.78, 5) is 0. The monoisotopic (exact) mass is 486 g/mol. The maximum absolute atomic E-state index is 6.62. The normalized spacial score (nSPS) is 29.3. The van der Waals surface area contributed by atoms with E-state index in [4.69, 9.17) is 24.7 Å². The molecule has 1 heterocycles. The summed E-state index contributed by atoms with van der Waals surface area (Å²) in [7, 11) is -13.9. The fourth-order valence-electron chi connectivity index (χ4n) is 3.73. The molecule has 0 aromatic carbocycles. The molecule has 1 rings (SSSR count). The van der Waals surface area contributed by atoms with Crippen molar-refractivity contribution in [2.45, 2.75) is 91.8 Å². The second-order valence-electron chi connectivity index (χ2n) is 9.82. The van der Waals surface area contributed by atoms with E-state index in [0.29, 0.717) is 5.92 Å². The molecule has 162 valence electrons. The van der Waals surface area contributed by atoms with Crippen molar-refractivity contribution in [2.75, 3.05) is 0 Å². The van der Waals surface area contributed by atoms with Gasteiger partial charge in [-0.15, -0.1) is 0 Å². The maximum Gasteiger partial charge on any atom is 0.314 e. The lowest BCUT2D eigenvalue weighted by atomic mass is 10.2. The summed E-state index contributed by atoms with van der Waals surface area (Å²) in [5, 5.41) is 0. The van der Waals surface area contributed by atoms with Crippen molar-refractivity contribution in [1.82, 2.24) is 0 Å². The second kappa shape index (κ2) is 9.05. The predicted octanol–water partition coefficient (Wildman–Crippen LogP) is 4.88. The average Bonchev–Trinajstić information content (AvgIpc) is 2.28. The Labute approximate surface area is 174 Å². The van der Waals surface area contributed by atoms with E-state index in [-0.39, 0.29) is 0 Å². The molecule has 0 saturated carbocycles. The van der Waals surface area contributed by atoms with Crippen molar-refractivity contribution in [3.05, 3.63) is 0 Å². The third-order valence-corrected chi connectivity index (χ3v) is 27.7. The van der Waals surface area contributed by atoms with Crippen molar-refractivity contribution >= 4 is 52.1 Å². The van der Waals surface area contributed by atoms with E-state index < -0.39 is 52.1 Å². The molecular formula is C15H42O6Si6. The molecule has 6 nitrogen and oxygen atoms in total. The molecule has 1 aliphatic rings. The smallest absolute Gasteiger partial charge is 0.314 e. The first-order chi connectivity index (χ1) is 11.9. The van der Waals surface area contributed by atoms with Crippen LogP contribution in [0.15, 0.2) is 0 Å². The van der Waals surface area contributed by atoms with Gasteiger partial charge in [0.05, 0.1) is 0 Å². The number of hydrogen-bond donors (Lipinski definition) is 0. The van der Waals surface area contributed by atoms with Crippen LogP contribution in [-0.2, 0) is 24.7 Å². The summed E-state index contributed by atoms with van der Waals surface area (Å²) in [5.41, 5.74) is 0. The van der Waals surface area contributed by atoms with Gasteiger partial charge in [0.1, 0.15) is 0 Å². The first-order valence-corrected chi connectivity index (χ1v) is 25.9. The molecule has 0 spiro atoms. The lowest BCUT2D eigenvalue weighted by Crippen LogP contribution is -2.62. The van der Waals surface area contributed by atoms with Crippen molar-refractivity contribution in [2.24, 2.45) is 5.92 Å². The Hall–Kier alpha value is 1.06. The van der Waals surface area contributed by atoms with Gasteiger partial charge in [-0.2, -0.15) is 0 Å². The molecule has 0 bridgehead atoms. The summed E-state index contributed by atoms with van der Waals surface area (Å²) < 4.78 is 39.4. The summed E-state index contributed by atoms with van der Waals surface area (Å²) in [6.45, 7) is 25.5.